The lowest BCUT2D eigenvalue weighted by atomic mass is 9.76. The predicted octanol–water partition coefficient (Wildman–Crippen LogP) is 18.0. The van der Waals surface area contributed by atoms with Crippen LogP contribution in [0, 0.1) is 27.7 Å². The Kier molecular flexibility index (Phi) is 23.3. The van der Waals surface area contributed by atoms with Crippen molar-refractivity contribution in [1.29, 1.82) is 0 Å². The van der Waals surface area contributed by atoms with Crippen molar-refractivity contribution in [2.24, 2.45) is 0 Å². The Morgan fingerprint density at radius 1 is 0.271 bits per heavy atom. The van der Waals surface area contributed by atoms with Gasteiger partial charge in [-0.05, 0) is 126 Å². The molecular formula is C76H88O16S4. The fourth-order valence-electron chi connectivity index (χ4n) is 12.7. The second-order valence-corrected chi connectivity index (χ2v) is 31.6. The quantitative estimate of drug-likeness (QED) is 0.0263. The zero-order chi connectivity index (χ0) is 69.3. The fourth-order valence-corrected chi connectivity index (χ4v) is 16.5. The number of phenolic OH excluding ortho intramolecular Hbond substituents is 4. The molecular weight excluding hydrogens is 1300 g/mol. The number of phenols is 4. The Balaban J connectivity index is 1.48. The normalized spacial score (nSPS) is 15.8. The number of unbranched alkanes of at least 4 members (excludes halogenated alkanes) is 8. The lowest BCUT2D eigenvalue weighted by Gasteiger charge is -2.30. The van der Waals surface area contributed by atoms with E-state index in [0.29, 0.717) is 51.4 Å². The highest BCUT2D eigenvalue weighted by molar-refractivity contribution is 7.88. The van der Waals surface area contributed by atoms with Crippen LogP contribution in [0.4, 0.5) is 0 Å². The first-order chi connectivity index (χ1) is 45.7. The second kappa shape index (κ2) is 31.0. The molecule has 8 bridgehead atoms. The minimum absolute atomic E-state index is 0.154. The van der Waals surface area contributed by atoms with Gasteiger partial charge in [0.1, 0.15) is 42.6 Å². The molecule has 9 rings (SSSR count). The van der Waals surface area contributed by atoms with Gasteiger partial charge in [0.25, 0.3) is 0 Å². The number of benzene rings is 8. The molecule has 4 unspecified atom stereocenters. The van der Waals surface area contributed by atoms with Crippen molar-refractivity contribution < 1.29 is 70.8 Å². The lowest BCUT2D eigenvalue weighted by Crippen LogP contribution is -2.18. The highest BCUT2D eigenvalue weighted by Crippen LogP contribution is 2.54. The van der Waals surface area contributed by atoms with Gasteiger partial charge in [0, 0.05) is 92.4 Å². The maximum absolute atomic E-state index is 14.9. The van der Waals surface area contributed by atoms with Crippen LogP contribution in [0.25, 0.3) is 0 Å². The van der Waals surface area contributed by atoms with Gasteiger partial charge in [-0.1, -0.05) is 176 Å². The topological polar surface area (TPSA) is 254 Å². The van der Waals surface area contributed by atoms with Crippen molar-refractivity contribution in [1.82, 2.24) is 0 Å². The van der Waals surface area contributed by atoms with Crippen LogP contribution in [-0.4, -0.2) is 54.1 Å². The van der Waals surface area contributed by atoms with Crippen LogP contribution in [0.2, 0.25) is 0 Å². The van der Waals surface area contributed by atoms with Gasteiger partial charge < -0.3 is 37.2 Å². The molecule has 1 aliphatic carbocycles. The van der Waals surface area contributed by atoms with Gasteiger partial charge in [0.05, 0.1) is 0 Å². The molecule has 96 heavy (non-hydrogen) atoms. The molecule has 0 fully saturated rings. The Labute approximate surface area is 567 Å². The van der Waals surface area contributed by atoms with E-state index in [1.54, 1.807) is 100 Å². The number of aromatic hydroxyl groups is 4. The average Bonchev–Trinajstić information content (AvgIpc) is 0.750. The third-order valence-corrected chi connectivity index (χ3v) is 23.1. The molecule has 4 N–H and O–H groups in total. The van der Waals surface area contributed by atoms with Crippen molar-refractivity contribution in [3.05, 3.63) is 212 Å². The molecule has 512 valence electrons. The average molecular weight is 1390 g/mol. The van der Waals surface area contributed by atoms with Crippen LogP contribution in [-0.2, 0) is 40.5 Å². The molecule has 0 aromatic heterocycles. The molecule has 0 aliphatic heterocycles. The van der Waals surface area contributed by atoms with E-state index < -0.39 is 87.1 Å². The summed E-state index contributed by atoms with van der Waals surface area (Å²) in [6, 6.07) is 35.2. The first kappa shape index (κ1) is 72.2. The Morgan fingerprint density at radius 3 is 0.646 bits per heavy atom. The number of rotatable bonds is 28. The summed E-state index contributed by atoms with van der Waals surface area (Å²) in [5.41, 5.74) is 4.35. The van der Waals surface area contributed by atoms with Crippen LogP contribution in [0.15, 0.2) is 165 Å². The van der Waals surface area contributed by atoms with E-state index in [0.717, 1.165) is 47.9 Å². The first-order valence-corrected chi connectivity index (χ1v) is 38.8. The fraction of sp³-hybridized carbons (Fsp3) is 0.368. The maximum atomic E-state index is 14.9. The van der Waals surface area contributed by atoms with Crippen LogP contribution >= 0.6 is 0 Å². The largest absolute Gasteiger partial charge is 0.508 e. The third-order valence-electron chi connectivity index (χ3n) is 18.1. The van der Waals surface area contributed by atoms with Gasteiger partial charge in [0.15, 0.2) is 23.0 Å². The minimum Gasteiger partial charge on any atom is -0.508 e. The standard InChI is InChI=1S/C76H88O16S4/c1-9-13-17-21-57-61-41-62(70(78)45-69(61)77)58(22-18-14-10-2)67-44-68(76(92-96(87,88)56-39-31-52(8)32-40-56)48-75(67)91-95(85,86)55-37-29-51(7)30-38-55)60(24-20-16-12-4)64-42-63(71(79)46-72(64)80)59(23-19-15-11-3)66-43-65(57)73(89-93(81,82)53-33-25-49(5)26-34-53)47-74(66)90-94(83,84)54-35-27-50(6)28-36-54/h25-48,57-60,77-80H,9-24H2,1-8H3. The van der Waals surface area contributed by atoms with Crippen molar-refractivity contribution in [2.45, 2.75) is 201 Å². The van der Waals surface area contributed by atoms with Crippen LogP contribution in [0.5, 0.6) is 46.0 Å². The summed E-state index contributed by atoms with van der Waals surface area (Å²) in [5, 5.41) is 50.6. The van der Waals surface area contributed by atoms with Gasteiger partial charge in [-0.15, -0.1) is 0 Å². The van der Waals surface area contributed by atoms with Gasteiger partial charge in [0.2, 0.25) is 0 Å². The van der Waals surface area contributed by atoms with E-state index in [1.807, 2.05) is 27.7 Å². The summed E-state index contributed by atoms with van der Waals surface area (Å²) in [5.74, 6) is -7.30. The van der Waals surface area contributed by atoms with Gasteiger partial charge in [-0.25, -0.2) is 0 Å². The molecule has 4 atom stereocenters. The SMILES string of the molecule is CCCCCC1c2cc(c(O)cc2O)C(CCCCC)c2cc(c(OS(=O)(=O)c3ccc(C)cc3)cc2OS(=O)(=O)c2ccc(C)cc2)C(CCCCC)c2cc(c(O)cc2O)C(CCCCC)c2cc1c(OS(=O)(=O)c1ccc(C)cc1)cc2OS(=O)(=O)c1ccc(C)cc1. The Hall–Kier alpha value is -8.04. The van der Waals surface area contributed by atoms with Crippen molar-refractivity contribution in [3.63, 3.8) is 0 Å². The number of fused-ring (bicyclic) bond motifs is 8. The zero-order valence-corrected chi connectivity index (χ0v) is 59.1. The summed E-state index contributed by atoms with van der Waals surface area (Å²) in [7, 11) is -19.2. The number of hydrogen-bond acceptors (Lipinski definition) is 16. The number of hydrogen-bond donors (Lipinski definition) is 4. The van der Waals surface area contributed by atoms with E-state index >= 15 is 0 Å². The molecule has 0 radical (unpaired) electrons. The molecule has 8 aromatic carbocycles. The van der Waals surface area contributed by atoms with E-state index in [2.05, 4.69) is 0 Å². The van der Waals surface area contributed by atoms with Crippen LogP contribution in [0.1, 0.15) is 221 Å². The van der Waals surface area contributed by atoms with Crippen molar-refractivity contribution in [3.8, 4) is 46.0 Å². The van der Waals surface area contributed by atoms with E-state index in [-0.39, 0.29) is 113 Å². The summed E-state index contributed by atoms with van der Waals surface area (Å²) < 4.78 is 145. The monoisotopic (exact) mass is 1380 g/mol. The Morgan fingerprint density at radius 2 is 0.458 bits per heavy atom. The summed E-state index contributed by atoms with van der Waals surface area (Å²) in [6.07, 6.45) is 8.18. The molecule has 0 spiro atoms. The molecule has 0 saturated heterocycles. The highest BCUT2D eigenvalue weighted by atomic mass is 32.2. The molecule has 0 amide bonds. The predicted molar refractivity (Wildman–Crippen MR) is 372 cm³/mol. The second-order valence-electron chi connectivity index (χ2n) is 25.4. The van der Waals surface area contributed by atoms with Gasteiger partial charge in [-0.2, -0.15) is 33.7 Å². The summed E-state index contributed by atoms with van der Waals surface area (Å²) in [6.45, 7) is 15.2. The lowest BCUT2D eigenvalue weighted by molar-refractivity contribution is 0.431. The van der Waals surface area contributed by atoms with E-state index in [1.165, 1.54) is 72.8 Å². The van der Waals surface area contributed by atoms with E-state index in [9.17, 15) is 54.1 Å². The maximum Gasteiger partial charge on any atom is 0.339 e. The molecule has 16 nitrogen and oxygen atoms in total. The van der Waals surface area contributed by atoms with Crippen molar-refractivity contribution in [2.75, 3.05) is 0 Å². The highest BCUT2D eigenvalue weighted by Gasteiger charge is 2.38. The molecule has 20 heteroatoms. The van der Waals surface area contributed by atoms with E-state index in [4.69, 9.17) is 16.7 Å². The number of aryl methyl sites for hydroxylation is 4. The van der Waals surface area contributed by atoms with Gasteiger partial charge in [-0.3, -0.25) is 0 Å². The minimum atomic E-state index is -4.79. The summed E-state index contributed by atoms with van der Waals surface area (Å²) in [4.78, 5) is -0.896. The molecule has 1 aliphatic rings. The van der Waals surface area contributed by atoms with Crippen LogP contribution < -0.4 is 16.7 Å². The zero-order valence-electron chi connectivity index (χ0n) is 55.8. The summed E-state index contributed by atoms with van der Waals surface area (Å²) >= 11 is 0. The third kappa shape index (κ3) is 16.8. The molecule has 0 heterocycles. The Bertz CT molecular complexity index is 3950. The van der Waals surface area contributed by atoms with Crippen LogP contribution in [0.3, 0.4) is 0 Å². The first-order valence-electron chi connectivity index (χ1n) is 33.2. The van der Waals surface area contributed by atoms with Crippen molar-refractivity contribution >= 4 is 40.5 Å². The smallest absolute Gasteiger partial charge is 0.339 e. The molecule has 0 saturated carbocycles. The van der Waals surface area contributed by atoms with Gasteiger partial charge >= 0.3 is 40.5 Å². The molecule has 8 aromatic rings.